The molecule has 3 rings (SSSR count). The molecule has 0 radical (unpaired) electrons. The van der Waals surface area contributed by atoms with E-state index in [-0.39, 0.29) is 16.9 Å². The predicted octanol–water partition coefficient (Wildman–Crippen LogP) is 0.967. The second kappa shape index (κ2) is 3.20. The fourth-order valence-corrected chi connectivity index (χ4v) is 4.04. The van der Waals surface area contributed by atoms with Crippen LogP contribution in [0, 0.1) is 0 Å². The Morgan fingerprint density at radius 2 is 1.88 bits per heavy atom. The van der Waals surface area contributed by atoms with Crippen LogP contribution < -0.4 is 5.43 Å². The van der Waals surface area contributed by atoms with Gasteiger partial charge in [-0.05, 0) is 12.1 Å². The highest BCUT2D eigenvalue weighted by atomic mass is 32.2. The van der Waals surface area contributed by atoms with Crippen LogP contribution in [0.2, 0.25) is 0 Å². The third-order valence-electron chi connectivity index (χ3n) is 3.26. The van der Waals surface area contributed by atoms with Crippen molar-refractivity contribution in [2.24, 2.45) is 7.05 Å². The number of aromatic nitrogens is 1. The molecule has 0 atom stereocenters. The summed E-state index contributed by atoms with van der Waals surface area (Å²) in [6, 6.07) is 7.21. The molecule has 0 amide bonds. The zero-order valence-electron chi connectivity index (χ0n) is 9.30. The van der Waals surface area contributed by atoms with Crippen molar-refractivity contribution in [3.8, 4) is 0 Å². The Morgan fingerprint density at radius 1 is 1.18 bits per heavy atom. The summed E-state index contributed by atoms with van der Waals surface area (Å²) in [6.07, 6.45) is 0. The number of nitrogens with zero attached hydrogens (tertiary/aromatic N) is 1. The highest BCUT2D eigenvalue weighted by Gasteiger charge is 2.29. The quantitative estimate of drug-likeness (QED) is 0.699. The molecule has 1 aromatic heterocycles. The Balaban J connectivity index is 2.52. The fraction of sp³-hybridized carbons (Fsp3) is 0.250. The lowest BCUT2D eigenvalue weighted by Crippen LogP contribution is -2.15. The van der Waals surface area contributed by atoms with Gasteiger partial charge in [0, 0.05) is 23.7 Å². The zero-order chi connectivity index (χ0) is 12.2. The molecular formula is C12H11NO3S. The zero-order valence-corrected chi connectivity index (χ0v) is 10.1. The van der Waals surface area contributed by atoms with E-state index in [9.17, 15) is 13.2 Å². The van der Waals surface area contributed by atoms with Crippen molar-refractivity contribution in [3.63, 3.8) is 0 Å². The minimum atomic E-state index is -3.15. The third kappa shape index (κ3) is 1.42. The molecule has 1 aliphatic rings. The first-order valence-electron chi connectivity index (χ1n) is 5.29. The lowest BCUT2D eigenvalue weighted by atomic mass is 10.1. The highest BCUT2D eigenvalue weighted by molar-refractivity contribution is 7.90. The van der Waals surface area contributed by atoms with Gasteiger partial charge in [0.2, 0.25) is 0 Å². The molecule has 0 fully saturated rings. The number of aryl methyl sites for hydroxylation is 1. The van der Waals surface area contributed by atoms with Crippen molar-refractivity contribution in [2.75, 3.05) is 0 Å². The average molecular weight is 249 g/mol. The first-order chi connectivity index (χ1) is 7.99. The summed E-state index contributed by atoms with van der Waals surface area (Å²) in [5.41, 5.74) is 1.71. The molecule has 0 saturated heterocycles. The van der Waals surface area contributed by atoms with Crippen molar-refractivity contribution >= 4 is 20.7 Å². The van der Waals surface area contributed by atoms with Gasteiger partial charge in [0.25, 0.3) is 0 Å². The largest absolute Gasteiger partial charge is 0.346 e. The number of rotatable bonds is 0. The molecule has 1 aliphatic heterocycles. The molecule has 0 unspecified atom stereocenters. The van der Waals surface area contributed by atoms with E-state index < -0.39 is 9.84 Å². The smallest absolute Gasteiger partial charge is 0.193 e. The summed E-state index contributed by atoms with van der Waals surface area (Å²) in [6.45, 7) is 0. The van der Waals surface area contributed by atoms with E-state index in [1.165, 1.54) is 0 Å². The first-order valence-corrected chi connectivity index (χ1v) is 7.12. The van der Waals surface area contributed by atoms with Gasteiger partial charge in [0.15, 0.2) is 15.3 Å². The van der Waals surface area contributed by atoms with Crippen molar-refractivity contribution in [1.82, 2.24) is 4.57 Å². The number of hydrogen-bond acceptors (Lipinski definition) is 3. The minimum Gasteiger partial charge on any atom is -0.346 e. The van der Waals surface area contributed by atoms with Gasteiger partial charge in [-0.25, -0.2) is 8.42 Å². The molecule has 0 aliphatic carbocycles. The molecular weight excluding hydrogens is 238 g/mol. The SMILES string of the molecule is Cn1c2c(c(=O)c3ccccc31)CS(=O)(=O)C2. The maximum atomic E-state index is 12.2. The van der Waals surface area contributed by atoms with E-state index in [1.54, 1.807) is 19.2 Å². The molecule has 17 heavy (non-hydrogen) atoms. The Bertz CT molecular complexity index is 787. The van der Waals surface area contributed by atoms with Crippen LogP contribution in [0.1, 0.15) is 11.3 Å². The maximum Gasteiger partial charge on any atom is 0.193 e. The van der Waals surface area contributed by atoms with E-state index in [0.717, 1.165) is 5.52 Å². The van der Waals surface area contributed by atoms with Crippen molar-refractivity contribution in [3.05, 3.63) is 45.7 Å². The molecule has 2 heterocycles. The van der Waals surface area contributed by atoms with Gasteiger partial charge in [-0.15, -0.1) is 0 Å². The van der Waals surface area contributed by atoms with Crippen LogP contribution in [0.15, 0.2) is 29.1 Å². The Kier molecular flexibility index (Phi) is 1.98. The highest BCUT2D eigenvalue weighted by Crippen LogP contribution is 2.25. The number of para-hydroxylation sites is 1. The summed E-state index contributed by atoms with van der Waals surface area (Å²) >= 11 is 0. The van der Waals surface area contributed by atoms with Crippen LogP contribution in [0.25, 0.3) is 10.9 Å². The van der Waals surface area contributed by atoms with E-state index in [1.807, 2.05) is 16.7 Å². The number of pyridine rings is 1. The van der Waals surface area contributed by atoms with Crippen LogP contribution in [0.4, 0.5) is 0 Å². The van der Waals surface area contributed by atoms with Crippen molar-refractivity contribution < 1.29 is 8.42 Å². The van der Waals surface area contributed by atoms with Crippen LogP contribution in [0.5, 0.6) is 0 Å². The third-order valence-corrected chi connectivity index (χ3v) is 4.70. The number of hydrogen-bond donors (Lipinski definition) is 0. The second-order valence-corrected chi connectivity index (χ2v) is 6.43. The summed E-state index contributed by atoms with van der Waals surface area (Å²) in [5.74, 6) is -0.154. The van der Waals surface area contributed by atoms with Gasteiger partial charge in [-0.3, -0.25) is 4.79 Å². The van der Waals surface area contributed by atoms with E-state index >= 15 is 0 Å². The van der Waals surface area contributed by atoms with Crippen molar-refractivity contribution in [2.45, 2.75) is 11.5 Å². The van der Waals surface area contributed by atoms with E-state index in [4.69, 9.17) is 0 Å². The summed E-state index contributed by atoms with van der Waals surface area (Å²) in [7, 11) is -1.34. The van der Waals surface area contributed by atoms with E-state index in [2.05, 4.69) is 0 Å². The molecule has 5 heteroatoms. The molecule has 88 valence electrons. The lowest BCUT2D eigenvalue weighted by molar-refractivity contribution is 0.597. The van der Waals surface area contributed by atoms with Crippen LogP contribution in [-0.2, 0) is 28.4 Å². The van der Waals surface area contributed by atoms with Crippen LogP contribution in [0.3, 0.4) is 0 Å². The second-order valence-electron chi connectivity index (χ2n) is 4.36. The van der Waals surface area contributed by atoms with Crippen molar-refractivity contribution in [1.29, 1.82) is 0 Å². The number of benzene rings is 1. The molecule has 1 aromatic carbocycles. The predicted molar refractivity (Wildman–Crippen MR) is 65.5 cm³/mol. The summed E-state index contributed by atoms with van der Waals surface area (Å²) < 4.78 is 25.1. The normalized spacial score (nSPS) is 17.2. The van der Waals surface area contributed by atoms with Gasteiger partial charge in [-0.2, -0.15) is 0 Å². The Labute approximate surface area is 98.4 Å². The van der Waals surface area contributed by atoms with Gasteiger partial charge in [-0.1, -0.05) is 12.1 Å². The van der Waals surface area contributed by atoms with E-state index in [0.29, 0.717) is 16.6 Å². The van der Waals surface area contributed by atoms with Crippen LogP contribution >= 0.6 is 0 Å². The molecule has 0 N–H and O–H groups in total. The number of fused-ring (bicyclic) bond motifs is 2. The summed E-state index contributed by atoms with van der Waals surface area (Å²) in [4.78, 5) is 12.2. The van der Waals surface area contributed by atoms with Gasteiger partial charge in [0.1, 0.15) is 0 Å². The lowest BCUT2D eigenvalue weighted by Gasteiger charge is -2.10. The topological polar surface area (TPSA) is 56.1 Å². The molecule has 2 aromatic rings. The molecule has 0 spiro atoms. The minimum absolute atomic E-state index is 0.0289. The van der Waals surface area contributed by atoms with Gasteiger partial charge < -0.3 is 4.57 Å². The summed E-state index contributed by atoms with van der Waals surface area (Å²) in [5, 5.41) is 0.589. The first kappa shape index (κ1) is 10.5. The fourth-order valence-electron chi connectivity index (χ4n) is 2.41. The molecule has 0 bridgehead atoms. The molecule has 0 saturated carbocycles. The van der Waals surface area contributed by atoms with Gasteiger partial charge in [0.05, 0.1) is 17.0 Å². The Hall–Kier alpha value is -1.62. The standard InChI is InChI=1S/C12H11NO3S/c1-13-10-5-3-2-4-8(10)12(14)9-6-17(15,16)7-11(9)13/h2-5H,6-7H2,1H3. The average Bonchev–Trinajstić information content (AvgIpc) is 2.63. The molecule has 4 nitrogen and oxygen atoms in total. The monoisotopic (exact) mass is 249 g/mol. The number of sulfone groups is 1. The Morgan fingerprint density at radius 3 is 2.65 bits per heavy atom. The van der Waals surface area contributed by atoms with Gasteiger partial charge >= 0.3 is 0 Å². The maximum absolute atomic E-state index is 12.2. The van der Waals surface area contributed by atoms with Crippen LogP contribution in [-0.4, -0.2) is 13.0 Å².